The van der Waals surface area contributed by atoms with Gasteiger partial charge in [0.05, 0.1) is 0 Å². The molecule has 0 amide bonds. The Morgan fingerprint density at radius 1 is 0.466 bits per heavy atom. The van der Waals surface area contributed by atoms with Crippen LogP contribution in [0.25, 0.3) is 66.1 Å². The second kappa shape index (κ2) is 23.7. The van der Waals surface area contributed by atoms with E-state index in [0.717, 1.165) is 35.2 Å². The van der Waals surface area contributed by atoms with Crippen molar-refractivity contribution in [3.8, 4) is 44.5 Å². The third-order valence-corrected chi connectivity index (χ3v) is 10.5. The normalized spacial score (nSPS) is 10.5. The van der Waals surface area contributed by atoms with Crippen molar-refractivity contribution in [3.63, 3.8) is 0 Å². The first-order valence-electron chi connectivity index (χ1n) is 20.7. The molecule has 0 aromatic heterocycles. The summed E-state index contributed by atoms with van der Waals surface area (Å²) >= 11 is -0.826. The molecular weight excluding hydrogens is 839 g/mol. The number of aryl methyl sites for hydroxylation is 4. The Hall–Kier alpha value is -3.78. The Morgan fingerprint density at radius 2 is 0.793 bits per heavy atom. The van der Waals surface area contributed by atoms with E-state index in [2.05, 4.69) is 199 Å². The van der Waals surface area contributed by atoms with E-state index >= 15 is 0 Å². The number of halogens is 2. The van der Waals surface area contributed by atoms with Gasteiger partial charge in [-0.15, -0.1) is 69.1 Å². The van der Waals surface area contributed by atoms with E-state index in [1.807, 2.05) is 0 Å². The standard InChI is InChI=1S/2C26H25.C2H6Si.2ClH.Zr/c2*1-3-10-19-17-22-16-15-20(4-2)26(25(22)18-19)24-14-9-8-13-23(24)21-11-6-5-7-12-21;1-3-2;;;/h2*5-9,11-18H,3-4,10H2,1-2H3;1-2H3;2*1H;/q2*-1;;;;+4/p-2. The molecule has 8 aromatic rings. The number of rotatable bonds is 10. The van der Waals surface area contributed by atoms with Crippen molar-refractivity contribution >= 4 is 48.1 Å². The summed E-state index contributed by atoms with van der Waals surface area (Å²) in [6.07, 6.45) is 6.76. The molecule has 0 spiro atoms. The SMILES string of the molecule is CCCc1cc2c(-c3ccccc3-c3ccccc3)c(CC)ccc2[cH-]1.CCCc1cc2c(-c3ccccc3-c3ccccc3)c(CC)ccc2[cH-]1.C[Si]C.[Cl][Zr+2][Cl]. The molecule has 294 valence electrons. The van der Waals surface area contributed by atoms with Crippen LogP contribution in [0.2, 0.25) is 13.1 Å². The molecule has 8 rings (SSSR count). The summed E-state index contributed by atoms with van der Waals surface area (Å²) in [5.74, 6) is 0. The van der Waals surface area contributed by atoms with Crippen molar-refractivity contribution in [2.45, 2.75) is 79.3 Å². The maximum absolute atomic E-state index is 4.93. The van der Waals surface area contributed by atoms with Crippen LogP contribution >= 0.6 is 17.0 Å². The average Bonchev–Trinajstić information content (AvgIpc) is 3.88. The molecule has 0 saturated heterocycles. The summed E-state index contributed by atoms with van der Waals surface area (Å²) in [6.45, 7) is 13.3. The molecule has 58 heavy (non-hydrogen) atoms. The molecule has 0 unspecified atom stereocenters. The first-order valence-corrected chi connectivity index (χ1v) is 29.1. The van der Waals surface area contributed by atoms with Crippen LogP contribution in [0.1, 0.15) is 62.8 Å². The van der Waals surface area contributed by atoms with E-state index in [1.54, 1.807) is 0 Å². The molecule has 4 heteroatoms. The molecule has 0 aliphatic carbocycles. The van der Waals surface area contributed by atoms with E-state index in [1.165, 1.54) is 101 Å². The summed E-state index contributed by atoms with van der Waals surface area (Å²) in [4.78, 5) is 0. The van der Waals surface area contributed by atoms with Gasteiger partial charge in [-0.1, -0.05) is 185 Å². The minimum atomic E-state index is -0.826. The van der Waals surface area contributed by atoms with Crippen LogP contribution in [0.3, 0.4) is 0 Å². The topological polar surface area (TPSA) is 0 Å². The van der Waals surface area contributed by atoms with E-state index < -0.39 is 20.8 Å². The Labute approximate surface area is 369 Å². The molecule has 0 saturated carbocycles. The zero-order chi connectivity index (χ0) is 41.3. The molecule has 2 radical (unpaired) electrons. The number of benzene rings is 6. The Morgan fingerprint density at radius 3 is 1.12 bits per heavy atom. The molecule has 0 aliphatic rings. The van der Waals surface area contributed by atoms with E-state index in [4.69, 9.17) is 17.0 Å². The number of hydrogen-bond donors (Lipinski definition) is 0. The van der Waals surface area contributed by atoms with E-state index in [-0.39, 0.29) is 0 Å². The second-order valence-corrected chi connectivity index (χ2v) is 19.3. The summed E-state index contributed by atoms with van der Waals surface area (Å²) in [7, 11) is 11.0. The first kappa shape index (κ1) is 45.3. The zero-order valence-corrected chi connectivity index (χ0v) is 40.0. The monoisotopic (exact) mass is 892 g/mol. The fraction of sp³-hybridized carbons (Fsp3) is 0.222. The van der Waals surface area contributed by atoms with Gasteiger partial charge in [-0.05, 0) is 59.1 Å². The van der Waals surface area contributed by atoms with Gasteiger partial charge >= 0.3 is 37.9 Å². The van der Waals surface area contributed by atoms with Crippen molar-refractivity contribution in [2.75, 3.05) is 0 Å². The van der Waals surface area contributed by atoms with E-state index in [9.17, 15) is 0 Å². The summed E-state index contributed by atoms with van der Waals surface area (Å²) < 4.78 is 0. The fourth-order valence-corrected chi connectivity index (χ4v) is 8.01. The van der Waals surface area contributed by atoms with Crippen LogP contribution in [0.4, 0.5) is 0 Å². The van der Waals surface area contributed by atoms with Crippen LogP contribution in [-0.2, 0) is 46.5 Å². The van der Waals surface area contributed by atoms with Gasteiger partial charge in [-0.25, -0.2) is 0 Å². The zero-order valence-electron chi connectivity index (χ0n) is 35.0. The summed E-state index contributed by atoms with van der Waals surface area (Å²) in [5, 5.41) is 5.53. The van der Waals surface area contributed by atoms with Gasteiger partial charge in [0.1, 0.15) is 0 Å². The van der Waals surface area contributed by atoms with Gasteiger partial charge in [0.25, 0.3) is 0 Å². The van der Waals surface area contributed by atoms with Crippen LogP contribution < -0.4 is 0 Å². The molecule has 0 heterocycles. The summed E-state index contributed by atoms with van der Waals surface area (Å²) in [6, 6.07) is 57.9. The quantitative estimate of drug-likeness (QED) is 0.0948. The third kappa shape index (κ3) is 11.3. The van der Waals surface area contributed by atoms with Gasteiger partial charge in [-0.2, -0.15) is 12.1 Å². The van der Waals surface area contributed by atoms with Gasteiger partial charge < -0.3 is 0 Å². The number of hydrogen-bond acceptors (Lipinski definition) is 0. The predicted octanol–water partition coefficient (Wildman–Crippen LogP) is 17.0. The molecule has 0 fully saturated rings. The van der Waals surface area contributed by atoms with Crippen molar-refractivity contribution in [1.29, 1.82) is 0 Å². The van der Waals surface area contributed by atoms with Gasteiger partial charge in [0.15, 0.2) is 0 Å². The van der Waals surface area contributed by atoms with Crippen LogP contribution in [0.15, 0.2) is 158 Å². The van der Waals surface area contributed by atoms with Gasteiger partial charge in [0.2, 0.25) is 0 Å². The Bertz CT molecular complexity index is 2270. The minimum absolute atomic E-state index is 0.826. The Balaban J connectivity index is 0.000000195. The second-order valence-electron chi connectivity index (χ2n) is 14.5. The molecule has 0 atom stereocenters. The van der Waals surface area contributed by atoms with Crippen molar-refractivity contribution in [2.24, 2.45) is 0 Å². The van der Waals surface area contributed by atoms with Crippen LogP contribution in [-0.4, -0.2) is 9.52 Å². The average molecular weight is 895 g/mol. The number of fused-ring (bicyclic) bond motifs is 2. The van der Waals surface area contributed by atoms with Crippen molar-refractivity contribution in [1.82, 2.24) is 0 Å². The van der Waals surface area contributed by atoms with Crippen molar-refractivity contribution < 1.29 is 20.8 Å². The molecule has 0 nitrogen and oxygen atoms in total. The van der Waals surface area contributed by atoms with E-state index in [0.29, 0.717) is 0 Å². The van der Waals surface area contributed by atoms with Crippen molar-refractivity contribution in [3.05, 3.63) is 180 Å². The first-order chi connectivity index (χ1) is 28.5. The summed E-state index contributed by atoms with van der Waals surface area (Å²) in [5.41, 5.74) is 16.4. The Kier molecular flexibility index (Phi) is 18.5. The predicted molar refractivity (Wildman–Crippen MR) is 257 cm³/mol. The third-order valence-electron chi connectivity index (χ3n) is 10.5. The molecular formula is C54H56Cl2SiZr. The molecule has 0 bridgehead atoms. The van der Waals surface area contributed by atoms with Gasteiger partial charge in [0, 0.05) is 9.52 Å². The van der Waals surface area contributed by atoms with Crippen LogP contribution in [0.5, 0.6) is 0 Å². The molecule has 0 N–H and O–H groups in total. The van der Waals surface area contributed by atoms with Gasteiger partial charge in [-0.3, -0.25) is 0 Å². The maximum atomic E-state index is 4.93. The van der Waals surface area contributed by atoms with Crippen LogP contribution in [0, 0.1) is 0 Å². The molecule has 8 aromatic carbocycles. The fourth-order valence-electron chi connectivity index (χ4n) is 8.01. The molecule has 0 aliphatic heterocycles.